The number of benzene rings is 1. The number of carbonyl (C=O) groups is 1. The van der Waals surface area contributed by atoms with Crippen LogP contribution in [0.2, 0.25) is 0 Å². The van der Waals surface area contributed by atoms with Crippen molar-refractivity contribution >= 4 is 5.91 Å². The molecule has 1 aromatic carbocycles. The third-order valence-electron chi connectivity index (χ3n) is 4.76. The minimum atomic E-state index is 0.00386. The van der Waals surface area contributed by atoms with Crippen LogP contribution in [0.4, 0.5) is 0 Å². The maximum atomic E-state index is 12.7. The molecular formula is C18H27N3O2. The number of amides is 1. The highest BCUT2D eigenvalue weighted by Gasteiger charge is 2.26. The summed E-state index contributed by atoms with van der Waals surface area (Å²) >= 11 is 0. The van der Waals surface area contributed by atoms with Crippen molar-refractivity contribution in [2.45, 2.75) is 12.5 Å². The quantitative estimate of drug-likeness (QED) is 0.840. The van der Waals surface area contributed by atoms with Crippen LogP contribution in [0.15, 0.2) is 30.3 Å². The Kier molecular flexibility index (Phi) is 5.65. The molecule has 0 aliphatic carbocycles. The van der Waals surface area contributed by atoms with Crippen molar-refractivity contribution in [3.8, 4) is 0 Å². The lowest BCUT2D eigenvalue weighted by Crippen LogP contribution is -2.47. The van der Waals surface area contributed by atoms with Gasteiger partial charge in [0.15, 0.2) is 0 Å². The Morgan fingerprint density at radius 3 is 2.78 bits per heavy atom. The smallest absolute Gasteiger partial charge is 0.236 e. The number of hydrogen-bond donors (Lipinski definition) is 0. The molecular weight excluding hydrogens is 290 g/mol. The van der Waals surface area contributed by atoms with Crippen molar-refractivity contribution in [3.63, 3.8) is 0 Å². The van der Waals surface area contributed by atoms with Crippen molar-refractivity contribution in [2.24, 2.45) is 0 Å². The Bertz CT molecular complexity index is 508. The van der Waals surface area contributed by atoms with E-state index in [1.54, 1.807) is 0 Å². The molecule has 0 radical (unpaired) electrons. The van der Waals surface area contributed by atoms with Gasteiger partial charge < -0.3 is 14.5 Å². The summed E-state index contributed by atoms with van der Waals surface area (Å²) in [4.78, 5) is 19.2. The zero-order valence-corrected chi connectivity index (χ0v) is 14.0. The number of rotatable bonds is 3. The van der Waals surface area contributed by atoms with Gasteiger partial charge in [-0.05, 0) is 32.1 Å². The van der Waals surface area contributed by atoms with Crippen LogP contribution in [0.1, 0.15) is 18.1 Å². The first kappa shape index (κ1) is 16.4. The second-order valence-electron chi connectivity index (χ2n) is 6.54. The number of carbonyl (C=O) groups excluding carboxylic acids is 1. The molecule has 2 aliphatic rings. The van der Waals surface area contributed by atoms with Crippen molar-refractivity contribution in [1.29, 1.82) is 0 Å². The van der Waals surface area contributed by atoms with E-state index in [1.807, 2.05) is 23.1 Å². The van der Waals surface area contributed by atoms with E-state index in [0.29, 0.717) is 26.2 Å². The van der Waals surface area contributed by atoms with Gasteiger partial charge in [-0.15, -0.1) is 0 Å². The molecule has 2 fully saturated rings. The van der Waals surface area contributed by atoms with Crippen molar-refractivity contribution < 1.29 is 9.53 Å². The molecule has 0 spiro atoms. The van der Waals surface area contributed by atoms with Gasteiger partial charge in [-0.2, -0.15) is 0 Å². The van der Waals surface area contributed by atoms with E-state index < -0.39 is 0 Å². The summed E-state index contributed by atoms with van der Waals surface area (Å²) < 4.78 is 5.85. The van der Waals surface area contributed by atoms with Gasteiger partial charge in [-0.25, -0.2) is 0 Å². The number of ether oxygens (including phenoxy) is 1. The van der Waals surface area contributed by atoms with E-state index >= 15 is 0 Å². The van der Waals surface area contributed by atoms with E-state index in [2.05, 4.69) is 29.0 Å². The molecule has 2 heterocycles. The van der Waals surface area contributed by atoms with Crippen molar-refractivity contribution in [2.75, 3.05) is 59.5 Å². The molecule has 0 bridgehead atoms. The van der Waals surface area contributed by atoms with Crippen LogP contribution in [0.3, 0.4) is 0 Å². The van der Waals surface area contributed by atoms with Crippen LogP contribution in [0.25, 0.3) is 0 Å². The monoisotopic (exact) mass is 317 g/mol. The maximum Gasteiger partial charge on any atom is 0.236 e. The molecule has 1 atom stereocenters. The molecule has 2 saturated heterocycles. The first-order valence-electron chi connectivity index (χ1n) is 8.57. The standard InChI is InChI=1S/C18H27N3O2/c1-19-8-5-9-20(11-10-19)15-18(22)21-12-13-23-17(14-21)16-6-3-2-4-7-16/h2-4,6-7,17H,5,8-15H2,1H3. The minimum Gasteiger partial charge on any atom is -0.370 e. The average molecular weight is 317 g/mol. The van der Waals surface area contributed by atoms with E-state index in [0.717, 1.165) is 38.2 Å². The molecule has 23 heavy (non-hydrogen) atoms. The molecule has 126 valence electrons. The van der Waals surface area contributed by atoms with Gasteiger partial charge in [0.2, 0.25) is 5.91 Å². The number of morpholine rings is 1. The fraction of sp³-hybridized carbons (Fsp3) is 0.611. The van der Waals surface area contributed by atoms with E-state index in [1.165, 1.54) is 0 Å². The number of hydrogen-bond acceptors (Lipinski definition) is 4. The Labute approximate surface area is 138 Å². The van der Waals surface area contributed by atoms with Crippen molar-refractivity contribution in [1.82, 2.24) is 14.7 Å². The number of likely N-dealkylation sites (N-methyl/N-ethyl adjacent to an activating group) is 1. The van der Waals surface area contributed by atoms with Gasteiger partial charge >= 0.3 is 0 Å². The van der Waals surface area contributed by atoms with Crippen LogP contribution in [-0.2, 0) is 9.53 Å². The second kappa shape index (κ2) is 7.90. The van der Waals surface area contributed by atoms with E-state index in [4.69, 9.17) is 4.74 Å². The summed E-state index contributed by atoms with van der Waals surface area (Å²) in [5, 5.41) is 0. The second-order valence-corrected chi connectivity index (χ2v) is 6.54. The van der Waals surface area contributed by atoms with Gasteiger partial charge in [0.25, 0.3) is 0 Å². The van der Waals surface area contributed by atoms with Crippen LogP contribution in [-0.4, -0.2) is 80.1 Å². The normalized spacial score (nSPS) is 24.4. The van der Waals surface area contributed by atoms with E-state index in [-0.39, 0.29) is 12.0 Å². The highest BCUT2D eigenvalue weighted by Crippen LogP contribution is 2.22. The first-order valence-corrected chi connectivity index (χ1v) is 8.57. The Morgan fingerprint density at radius 2 is 1.96 bits per heavy atom. The van der Waals surface area contributed by atoms with Crippen LogP contribution in [0.5, 0.6) is 0 Å². The lowest BCUT2D eigenvalue weighted by atomic mass is 10.1. The highest BCUT2D eigenvalue weighted by molar-refractivity contribution is 5.78. The first-order chi connectivity index (χ1) is 11.2. The Hall–Kier alpha value is -1.43. The SMILES string of the molecule is CN1CCCN(CC(=O)N2CCOC(c3ccccc3)C2)CC1. The molecule has 1 amide bonds. The fourth-order valence-corrected chi connectivity index (χ4v) is 3.29. The molecule has 0 N–H and O–H groups in total. The lowest BCUT2D eigenvalue weighted by molar-refractivity contribution is -0.140. The summed E-state index contributed by atoms with van der Waals surface area (Å²) in [5.41, 5.74) is 1.15. The summed E-state index contributed by atoms with van der Waals surface area (Å²) in [6.45, 7) is 6.69. The molecule has 5 heteroatoms. The fourth-order valence-electron chi connectivity index (χ4n) is 3.29. The highest BCUT2D eigenvalue weighted by atomic mass is 16.5. The van der Waals surface area contributed by atoms with Gasteiger partial charge in [-0.1, -0.05) is 30.3 Å². The minimum absolute atomic E-state index is 0.00386. The van der Waals surface area contributed by atoms with Crippen LogP contribution >= 0.6 is 0 Å². The molecule has 0 aromatic heterocycles. The Morgan fingerprint density at radius 1 is 1.13 bits per heavy atom. The molecule has 1 aromatic rings. The molecule has 2 aliphatic heterocycles. The lowest BCUT2D eigenvalue weighted by Gasteiger charge is -2.34. The third-order valence-corrected chi connectivity index (χ3v) is 4.76. The topological polar surface area (TPSA) is 36.0 Å². The van der Waals surface area contributed by atoms with Gasteiger partial charge in [-0.3, -0.25) is 9.69 Å². The van der Waals surface area contributed by atoms with Gasteiger partial charge in [0.05, 0.1) is 19.7 Å². The zero-order valence-electron chi connectivity index (χ0n) is 14.0. The van der Waals surface area contributed by atoms with E-state index in [9.17, 15) is 4.79 Å². The number of nitrogens with zero attached hydrogens (tertiary/aromatic N) is 3. The van der Waals surface area contributed by atoms with Gasteiger partial charge in [0, 0.05) is 19.6 Å². The molecule has 3 rings (SSSR count). The molecule has 5 nitrogen and oxygen atoms in total. The summed E-state index contributed by atoms with van der Waals surface area (Å²) in [6.07, 6.45) is 1.14. The summed E-state index contributed by atoms with van der Waals surface area (Å²) in [7, 11) is 2.15. The van der Waals surface area contributed by atoms with Gasteiger partial charge in [0.1, 0.15) is 6.10 Å². The zero-order chi connectivity index (χ0) is 16.1. The predicted molar refractivity (Wildman–Crippen MR) is 90.3 cm³/mol. The van der Waals surface area contributed by atoms with Crippen molar-refractivity contribution in [3.05, 3.63) is 35.9 Å². The largest absolute Gasteiger partial charge is 0.370 e. The Balaban J connectivity index is 1.54. The van der Waals surface area contributed by atoms with Crippen LogP contribution in [0, 0.1) is 0 Å². The molecule has 1 unspecified atom stereocenters. The maximum absolute atomic E-state index is 12.7. The summed E-state index contributed by atoms with van der Waals surface area (Å²) in [6, 6.07) is 10.2. The summed E-state index contributed by atoms with van der Waals surface area (Å²) in [5.74, 6) is 0.235. The predicted octanol–water partition coefficient (Wildman–Crippen LogP) is 1.22. The average Bonchev–Trinajstić information content (AvgIpc) is 2.80. The molecule has 0 saturated carbocycles. The van der Waals surface area contributed by atoms with Crippen LogP contribution < -0.4 is 0 Å². The third kappa shape index (κ3) is 4.53.